The van der Waals surface area contributed by atoms with E-state index in [1.807, 2.05) is 30.0 Å². The van der Waals surface area contributed by atoms with E-state index in [9.17, 15) is 19.7 Å². The lowest BCUT2D eigenvalue weighted by molar-refractivity contribution is -0.385. The van der Waals surface area contributed by atoms with Crippen LogP contribution in [0.2, 0.25) is 5.02 Å². The van der Waals surface area contributed by atoms with Crippen LogP contribution in [-0.4, -0.2) is 61.0 Å². The monoisotopic (exact) mass is 566 g/mol. The third-order valence-corrected chi connectivity index (χ3v) is 6.71. The van der Waals surface area contributed by atoms with Gasteiger partial charge in [-0.05, 0) is 67.9 Å². The topological polar surface area (TPSA) is 114 Å². The van der Waals surface area contributed by atoms with Crippen LogP contribution in [0.5, 0.6) is 11.5 Å². The molecule has 40 heavy (non-hydrogen) atoms. The Labute approximate surface area is 237 Å². The van der Waals surface area contributed by atoms with Crippen LogP contribution in [0.15, 0.2) is 60.7 Å². The van der Waals surface area contributed by atoms with E-state index in [-0.39, 0.29) is 29.5 Å². The van der Waals surface area contributed by atoms with Crippen LogP contribution in [0.4, 0.5) is 17.1 Å². The molecule has 1 N–H and O–H groups in total. The highest BCUT2D eigenvalue weighted by atomic mass is 35.5. The quantitative estimate of drug-likeness (QED) is 0.249. The van der Waals surface area contributed by atoms with Crippen LogP contribution in [0.25, 0.3) is 0 Å². The summed E-state index contributed by atoms with van der Waals surface area (Å²) in [6.07, 6.45) is 0.920. The van der Waals surface area contributed by atoms with Crippen molar-refractivity contribution in [3.05, 3.63) is 86.9 Å². The third-order valence-electron chi connectivity index (χ3n) is 6.40. The van der Waals surface area contributed by atoms with Gasteiger partial charge in [-0.3, -0.25) is 19.7 Å². The number of nitro benzene ring substituents is 1. The van der Waals surface area contributed by atoms with Crippen LogP contribution in [-0.2, 0) is 0 Å². The first kappa shape index (κ1) is 28.7. The molecule has 1 fully saturated rings. The molecule has 0 radical (unpaired) electrons. The Bertz CT molecular complexity index is 1370. The molecule has 3 aromatic rings. The van der Waals surface area contributed by atoms with Gasteiger partial charge in [0, 0.05) is 49.1 Å². The highest BCUT2D eigenvalue weighted by Crippen LogP contribution is 2.31. The van der Waals surface area contributed by atoms with Gasteiger partial charge in [-0.2, -0.15) is 0 Å². The van der Waals surface area contributed by atoms with E-state index < -0.39 is 10.8 Å². The Kier molecular flexibility index (Phi) is 9.44. The summed E-state index contributed by atoms with van der Waals surface area (Å²) in [6.45, 7) is 6.95. The average molecular weight is 567 g/mol. The first-order valence-corrected chi connectivity index (χ1v) is 13.5. The second-order valence-corrected chi connectivity index (χ2v) is 9.55. The van der Waals surface area contributed by atoms with Gasteiger partial charge in [0.25, 0.3) is 11.8 Å². The Morgan fingerprint density at radius 3 is 2.27 bits per heavy atom. The van der Waals surface area contributed by atoms with Crippen molar-refractivity contribution in [1.29, 1.82) is 0 Å². The van der Waals surface area contributed by atoms with E-state index in [1.165, 1.54) is 18.2 Å². The largest absolute Gasteiger partial charge is 0.494 e. The highest BCUT2D eigenvalue weighted by Gasteiger charge is 2.24. The lowest BCUT2D eigenvalue weighted by Crippen LogP contribution is -2.48. The van der Waals surface area contributed by atoms with Crippen molar-refractivity contribution in [3.8, 4) is 11.5 Å². The molecule has 11 heteroatoms. The second-order valence-electron chi connectivity index (χ2n) is 9.15. The van der Waals surface area contributed by atoms with Crippen molar-refractivity contribution in [2.24, 2.45) is 0 Å². The summed E-state index contributed by atoms with van der Waals surface area (Å²) in [5.41, 5.74) is 1.71. The predicted octanol–water partition coefficient (Wildman–Crippen LogP) is 5.65. The first-order valence-electron chi connectivity index (χ1n) is 13.1. The van der Waals surface area contributed by atoms with Crippen LogP contribution in [0.3, 0.4) is 0 Å². The maximum absolute atomic E-state index is 13.0. The molecule has 1 aliphatic heterocycles. The Morgan fingerprint density at radius 2 is 1.65 bits per heavy atom. The molecule has 1 saturated heterocycles. The number of hydrogen-bond donors (Lipinski definition) is 1. The van der Waals surface area contributed by atoms with E-state index in [1.54, 1.807) is 31.2 Å². The number of anilines is 2. The molecule has 0 saturated carbocycles. The van der Waals surface area contributed by atoms with Gasteiger partial charge in [-0.1, -0.05) is 18.5 Å². The Morgan fingerprint density at radius 1 is 0.950 bits per heavy atom. The molecule has 2 amide bonds. The number of nitro groups is 1. The van der Waals surface area contributed by atoms with Crippen molar-refractivity contribution in [1.82, 2.24) is 4.90 Å². The number of nitrogens with one attached hydrogen (secondary N) is 1. The number of rotatable bonds is 10. The predicted molar refractivity (Wildman–Crippen MR) is 154 cm³/mol. The standard InChI is InChI=1S/C29H31ClN4O6/c1-3-17-40-23-9-5-20(6-10-23)29(36)33-15-13-32(14-16-33)25-11-8-22(19-24(25)30)31-28(35)21-7-12-27(39-4-2)26(18-21)34(37)38/h5-12,18-19H,3-4,13-17H2,1-2H3,(H,31,35). The number of hydrogen-bond acceptors (Lipinski definition) is 7. The fourth-order valence-corrected chi connectivity index (χ4v) is 4.67. The van der Waals surface area contributed by atoms with E-state index >= 15 is 0 Å². The number of carbonyl (C=O) groups is 2. The molecular weight excluding hydrogens is 536 g/mol. The molecule has 0 spiro atoms. The minimum absolute atomic E-state index is 0.0274. The molecule has 1 heterocycles. The van der Waals surface area contributed by atoms with Crippen LogP contribution < -0.4 is 19.7 Å². The molecule has 3 aromatic carbocycles. The van der Waals surface area contributed by atoms with Crippen molar-refractivity contribution >= 4 is 40.5 Å². The summed E-state index contributed by atoms with van der Waals surface area (Å²) in [6, 6.07) is 16.4. The van der Waals surface area contributed by atoms with Gasteiger partial charge < -0.3 is 24.6 Å². The maximum Gasteiger partial charge on any atom is 0.311 e. The molecule has 1 aliphatic rings. The zero-order chi connectivity index (χ0) is 28.6. The van der Waals surface area contributed by atoms with Crippen LogP contribution in [0.1, 0.15) is 41.0 Å². The van der Waals surface area contributed by atoms with Crippen molar-refractivity contribution < 1.29 is 24.0 Å². The van der Waals surface area contributed by atoms with Gasteiger partial charge in [0.05, 0.1) is 28.8 Å². The fraction of sp³-hybridized carbons (Fsp3) is 0.310. The minimum atomic E-state index is -0.583. The fourth-order valence-electron chi connectivity index (χ4n) is 4.37. The summed E-state index contributed by atoms with van der Waals surface area (Å²) < 4.78 is 10.9. The summed E-state index contributed by atoms with van der Waals surface area (Å²) in [5, 5.41) is 14.6. The summed E-state index contributed by atoms with van der Waals surface area (Å²) in [7, 11) is 0. The third kappa shape index (κ3) is 6.81. The SMILES string of the molecule is CCCOc1ccc(C(=O)N2CCN(c3ccc(NC(=O)c4ccc(OCC)c([N+](=O)[O-])c4)cc3Cl)CC2)cc1. The molecule has 0 atom stereocenters. The zero-order valence-electron chi connectivity index (χ0n) is 22.4. The number of benzene rings is 3. The van der Waals surface area contributed by atoms with Crippen molar-refractivity contribution in [2.45, 2.75) is 20.3 Å². The smallest absolute Gasteiger partial charge is 0.311 e. The molecular formula is C29H31ClN4O6. The summed E-state index contributed by atoms with van der Waals surface area (Å²) in [4.78, 5) is 40.4. The number of amides is 2. The van der Waals surface area contributed by atoms with E-state index in [0.29, 0.717) is 49.1 Å². The lowest BCUT2D eigenvalue weighted by atomic mass is 10.1. The molecule has 0 unspecified atom stereocenters. The van der Waals surface area contributed by atoms with Gasteiger partial charge in [0.15, 0.2) is 5.75 Å². The number of halogens is 1. The van der Waals surface area contributed by atoms with E-state index in [4.69, 9.17) is 21.1 Å². The van der Waals surface area contributed by atoms with Gasteiger partial charge in [0.2, 0.25) is 0 Å². The summed E-state index contributed by atoms with van der Waals surface area (Å²) in [5.74, 6) is 0.318. The number of nitrogens with zero attached hydrogens (tertiary/aromatic N) is 3. The Hall–Kier alpha value is -4.31. The van der Waals surface area contributed by atoms with Gasteiger partial charge in [-0.25, -0.2) is 0 Å². The Balaban J connectivity index is 1.36. The number of ether oxygens (including phenoxy) is 2. The molecule has 210 valence electrons. The van der Waals surface area contributed by atoms with Crippen molar-refractivity contribution in [2.75, 3.05) is 49.6 Å². The zero-order valence-corrected chi connectivity index (χ0v) is 23.1. The van der Waals surface area contributed by atoms with Gasteiger partial charge in [-0.15, -0.1) is 0 Å². The van der Waals surface area contributed by atoms with Crippen LogP contribution in [0, 0.1) is 10.1 Å². The first-order chi connectivity index (χ1) is 19.3. The molecule has 10 nitrogen and oxygen atoms in total. The number of piperazine rings is 1. The second kappa shape index (κ2) is 13.2. The normalized spacial score (nSPS) is 13.1. The average Bonchev–Trinajstić information content (AvgIpc) is 2.96. The molecule has 0 aromatic heterocycles. The molecule has 0 aliphatic carbocycles. The van der Waals surface area contributed by atoms with Gasteiger partial charge in [0.1, 0.15) is 5.75 Å². The van der Waals surface area contributed by atoms with Crippen molar-refractivity contribution in [3.63, 3.8) is 0 Å². The van der Waals surface area contributed by atoms with Gasteiger partial charge >= 0.3 is 5.69 Å². The van der Waals surface area contributed by atoms with Crippen LogP contribution >= 0.6 is 11.6 Å². The summed E-state index contributed by atoms with van der Waals surface area (Å²) >= 11 is 6.57. The lowest BCUT2D eigenvalue weighted by Gasteiger charge is -2.36. The van der Waals surface area contributed by atoms with E-state index in [2.05, 4.69) is 10.2 Å². The maximum atomic E-state index is 13.0. The molecule has 0 bridgehead atoms. The number of carbonyl (C=O) groups excluding carboxylic acids is 2. The van der Waals surface area contributed by atoms with E-state index in [0.717, 1.165) is 17.9 Å². The molecule has 4 rings (SSSR count). The highest BCUT2D eigenvalue weighted by molar-refractivity contribution is 6.33. The minimum Gasteiger partial charge on any atom is -0.494 e.